The van der Waals surface area contributed by atoms with Crippen LogP contribution in [0.3, 0.4) is 0 Å². The smallest absolute Gasteiger partial charge is 0.227 e. The van der Waals surface area contributed by atoms with Crippen LogP contribution < -0.4 is 0 Å². The van der Waals surface area contributed by atoms with Gasteiger partial charge in [-0.1, -0.05) is 17.3 Å². The molecule has 0 radical (unpaired) electrons. The highest BCUT2D eigenvalue weighted by atomic mass is 19.1. The molecule has 0 amide bonds. The summed E-state index contributed by atoms with van der Waals surface area (Å²) in [5.41, 5.74) is 1.25. The molecule has 0 saturated carbocycles. The third-order valence-electron chi connectivity index (χ3n) is 4.93. The van der Waals surface area contributed by atoms with Crippen molar-refractivity contribution in [3.8, 4) is 11.4 Å². The van der Waals surface area contributed by atoms with Crippen LogP contribution in [-0.4, -0.2) is 45.9 Å². The summed E-state index contributed by atoms with van der Waals surface area (Å²) in [6.45, 7) is 4.14. The summed E-state index contributed by atoms with van der Waals surface area (Å²) >= 11 is 0. The van der Waals surface area contributed by atoms with Gasteiger partial charge in [0.25, 0.3) is 0 Å². The fourth-order valence-corrected chi connectivity index (χ4v) is 3.48. The molecule has 1 fully saturated rings. The molecule has 25 heavy (non-hydrogen) atoms. The van der Waals surface area contributed by atoms with Crippen LogP contribution in [-0.2, 0) is 6.42 Å². The molecule has 1 N–H and O–H groups in total. The van der Waals surface area contributed by atoms with Crippen LogP contribution in [0.5, 0.6) is 0 Å². The maximum Gasteiger partial charge on any atom is 0.227 e. The van der Waals surface area contributed by atoms with Crippen molar-refractivity contribution in [3.05, 3.63) is 35.5 Å². The predicted octanol–water partition coefficient (Wildman–Crippen LogP) is 3.35. The van der Waals surface area contributed by atoms with Crippen LogP contribution in [0.2, 0.25) is 0 Å². The minimum absolute atomic E-state index is 0.258. The summed E-state index contributed by atoms with van der Waals surface area (Å²) < 4.78 is 19.0. The normalized spacial score (nSPS) is 18.1. The molecule has 1 unspecified atom stereocenters. The first-order valence-corrected chi connectivity index (χ1v) is 9.11. The molecule has 3 rings (SSSR count). The van der Waals surface area contributed by atoms with E-state index in [0.717, 1.165) is 38.8 Å². The predicted molar refractivity (Wildman–Crippen MR) is 93.7 cm³/mol. The van der Waals surface area contributed by atoms with E-state index >= 15 is 0 Å². The van der Waals surface area contributed by atoms with Crippen molar-refractivity contribution in [3.63, 3.8) is 0 Å². The number of hydrogen-bond donors (Lipinski definition) is 1. The maximum absolute atomic E-state index is 13.7. The molecule has 0 bridgehead atoms. The number of likely N-dealkylation sites (tertiary alicyclic amines) is 1. The van der Waals surface area contributed by atoms with Gasteiger partial charge in [0.15, 0.2) is 0 Å². The van der Waals surface area contributed by atoms with Crippen molar-refractivity contribution in [2.75, 3.05) is 19.7 Å². The lowest BCUT2D eigenvalue weighted by molar-refractivity contribution is 0.212. The van der Waals surface area contributed by atoms with Gasteiger partial charge >= 0.3 is 0 Å². The Balaban J connectivity index is 1.51. The van der Waals surface area contributed by atoms with E-state index < -0.39 is 0 Å². The zero-order chi connectivity index (χ0) is 17.6. The van der Waals surface area contributed by atoms with E-state index in [-0.39, 0.29) is 12.4 Å². The van der Waals surface area contributed by atoms with Gasteiger partial charge in [-0.05, 0) is 63.7 Å². The average Bonchev–Trinajstić information content (AvgIpc) is 3.25. The minimum Gasteiger partial charge on any atom is -0.396 e. The largest absolute Gasteiger partial charge is 0.396 e. The van der Waals surface area contributed by atoms with Gasteiger partial charge in [-0.15, -0.1) is 0 Å². The third kappa shape index (κ3) is 4.64. The molecule has 0 spiro atoms. The molecule has 2 heterocycles. The van der Waals surface area contributed by atoms with Crippen molar-refractivity contribution in [2.24, 2.45) is 0 Å². The lowest BCUT2D eigenvalue weighted by Gasteiger charge is -2.23. The number of halogens is 1. The van der Waals surface area contributed by atoms with Crippen LogP contribution in [0, 0.1) is 12.7 Å². The third-order valence-corrected chi connectivity index (χ3v) is 4.93. The van der Waals surface area contributed by atoms with E-state index in [2.05, 4.69) is 15.0 Å². The molecule has 1 aromatic heterocycles. The van der Waals surface area contributed by atoms with Gasteiger partial charge < -0.3 is 14.5 Å². The summed E-state index contributed by atoms with van der Waals surface area (Å²) in [6.07, 6.45) is 6.09. The Labute approximate surface area is 147 Å². The number of benzene rings is 1. The molecule has 1 aliphatic rings. The van der Waals surface area contributed by atoms with E-state index in [4.69, 9.17) is 9.63 Å². The molecule has 2 aromatic rings. The number of nitrogens with zero attached hydrogens (tertiary/aromatic N) is 3. The Bertz CT molecular complexity index is 689. The van der Waals surface area contributed by atoms with Gasteiger partial charge in [0.05, 0.1) is 0 Å². The Morgan fingerprint density at radius 1 is 1.36 bits per heavy atom. The second-order valence-electron chi connectivity index (χ2n) is 6.78. The molecule has 5 nitrogen and oxygen atoms in total. The lowest BCUT2D eigenvalue weighted by atomic mass is 10.1. The van der Waals surface area contributed by atoms with Crippen LogP contribution in [0.4, 0.5) is 4.39 Å². The van der Waals surface area contributed by atoms with Gasteiger partial charge in [-0.25, -0.2) is 4.39 Å². The summed E-state index contributed by atoms with van der Waals surface area (Å²) in [6, 6.07) is 5.57. The Hall–Kier alpha value is -1.79. The van der Waals surface area contributed by atoms with Crippen LogP contribution in [0.25, 0.3) is 11.4 Å². The van der Waals surface area contributed by atoms with E-state index in [1.165, 1.54) is 18.9 Å². The van der Waals surface area contributed by atoms with Gasteiger partial charge in [-0.2, -0.15) is 4.98 Å². The highest BCUT2D eigenvalue weighted by molar-refractivity contribution is 5.54. The van der Waals surface area contributed by atoms with E-state index in [9.17, 15) is 4.39 Å². The molecule has 1 aromatic carbocycles. The van der Waals surface area contributed by atoms with Crippen LogP contribution in [0.15, 0.2) is 22.7 Å². The lowest BCUT2D eigenvalue weighted by Crippen LogP contribution is -2.30. The van der Waals surface area contributed by atoms with Crippen molar-refractivity contribution >= 4 is 0 Å². The molecular weight excluding hydrogens is 321 g/mol. The van der Waals surface area contributed by atoms with E-state index in [1.54, 1.807) is 13.0 Å². The molecule has 1 atom stereocenters. The number of aliphatic hydroxyl groups excluding tert-OH is 1. The van der Waals surface area contributed by atoms with E-state index in [0.29, 0.717) is 28.9 Å². The fraction of sp³-hybridized carbons (Fsp3) is 0.579. The fourth-order valence-electron chi connectivity index (χ4n) is 3.48. The number of hydrogen-bond acceptors (Lipinski definition) is 5. The van der Waals surface area contributed by atoms with Crippen molar-refractivity contribution < 1.29 is 14.0 Å². The zero-order valence-electron chi connectivity index (χ0n) is 14.7. The van der Waals surface area contributed by atoms with Gasteiger partial charge in [0.1, 0.15) is 5.82 Å². The summed E-state index contributed by atoms with van der Waals surface area (Å²) in [4.78, 5) is 6.89. The standard InChI is InChI=1S/C19H26FN3O2/c1-14-8-9-15(13-17(14)20)19-21-18(25-22-19)7-3-11-23-10-2-5-16(23)6-4-12-24/h8-9,13,16,24H,2-7,10-12H2,1H3. The Morgan fingerprint density at radius 3 is 3.04 bits per heavy atom. The molecule has 136 valence electrons. The molecule has 1 saturated heterocycles. The first-order valence-electron chi connectivity index (χ1n) is 9.11. The number of rotatable bonds is 8. The average molecular weight is 347 g/mol. The van der Waals surface area contributed by atoms with Crippen molar-refractivity contribution in [2.45, 2.75) is 51.5 Å². The van der Waals surface area contributed by atoms with Gasteiger partial charge in [0.2, 0.25) is 11.7 Å². The highest BCUT2D eigenvalue weighted by Crippen LogP contribution is 2.22. The molecule has 6 heteroatoms. The monoisotopic (exact) mass is 347 g/mol. The van der Waals surface area contributed by atoms with Gasteiger partial charge in [-0.3, -0.25) is 0 Å². The Morgan fingerprint density at radius 2 is 2.24 bits per heavy atom. The number of aromatic nitrogens is 2. The second kappa shape index (κ2) is 8.54. The molecular formula is C19H26FN3O2. The summed E-state index contributed by atoms with van der Waals surface area (Å²) in [5, 5.41) is 13.0. The first kappa shape index (κ1) is 18.0. The van der Waals surface area contributed by atoms with E-state index in [1.807, 2.05) is 6.07 Å². The Kier molecular flexibility index (Phi) is 6.15. The second-order valence-corrected chi connectivity index (χ2v) is 6.78. The SMILES string of the molecule is Cc1ccc(-c2noc(CCCN3CCCC3CCCO)n2)cc1F. The van der Waals surface area contributed by atoms with Crippen LogP contribution in [0.1, 0.15) is 43.6 Å². The molecule has 1 aliphatic heterocycles. The topological polar surface area (TPSA) is 62.4 Å². The quantitative estimate of drug-likeness (QED) is 0.793. The molecule has 0 aliphatic carbocycles. The van der Waals surface area contributed by atoms with Gasteiger partial charge in [0, 0.05) is 24.6 Å². The minimum atomic E-state index is -0.258. The highest BCUT2D eigenvalue weighted by Gasteiger charge is 2.23. The zero-order valence-corrected chi connectivity index (χ0v) is 14.7. The summed E-state index contributed by atoms with van der Waals surface area (Å²) in [7, 11) is 0. The number of aryl methyl sites for hydroxylation is 2. The number of aliphatic hydroxyl groups is 1. The summed E-state index contributed by atoms with van der Waals surface area (Å²) in [5.74, 6) is 0.782. The first-order chi connectivity index (χ1) is 12.2. The van der Waals surface area contributed by atoms with Crippen LogP contribution >= 0.6 is 0 Å². The maximum atomic E-state index is 13.7. The van der Waals surface area contributed by atoms with Crippen molar-refractivity contribution in [1.82, 2.24) is 15.0 Å². The van der Waals surface area contributed by atoms with Crippen molar-refractivity contribution in [1.29, 1.82) is 0 Å².